The Labute approximate surface area is 191 Å². The average molecular weight is 443 g/mol. The van der Waals surface area contributed by atoms with E-state index < -0.39 is 24.4 Å². The Bertz CT molecular complexity index is 415. The van der Waals surface area contributed by atoms with Gasteiger partial charge in [0.1, 0.15) is 24.4 Å². The first kappa shape index (κ1) is 28.6. The maximum absolute atomic E-state index is 9.91. The van der Waals surface area contributed by atoms with Gasteiger partial charge in [-0.2, -0.15) is 0 Å². The molecular formula is C26H50O5. The Morgan fingerprint density at radius 3 is 1.90 bits per heavy atom. The van der Waals surface area contributed by atoms with Gasteiger partial charge in [0.25, 0.3) is 0 Å². The number of unbranched alkanes of at least 4 members (excludes halogenated alkanes) is 14. The molecule has 0 spiro atoms. The topological polar surface area (TPSA) is 79.2 Å². The van der Waals surface area contributed by atoms with Crippen molar-refractivity contribution in [2.75, 3.05) is 19.8 Å². The summed E-state index contributed by atoms with van der Waals surface area (Å²) in [7, 11) is 0. The highest BCUT2D eigenvalue weighted by Crippen LogP contribution is 2.21. The molecule has 0 aromatic carbocycles. The van der Waals surface area contributed by atoms with Gasteiger partial charge in [0, 0.05) is 6.61 Å². The van der Waals surface area contributed by atoms with Crippen molar-refractivity contribution in [3.05, 3.63) is 12.2 Å². The summed E-state index contributed by atoms with van der Waals surface area (Å²) in [6, 6.07) is 0. The molecular weight excluding hydrogens is 392 g/mol. The maximum Gasteiger partial charge on any atom is 0.114 e. The summed E-state index contributed by atoms with van der Waals surface area (Å²) in [5.74, 6) is 0. The van der Waals surface area contributed by atoms with Gasteiger partial charge in [-0.3, -0.25) is 0 Å². The summed E-state index contributed by atoms with van der Waals surface area (Å²) in [6.45, 7) is 2.59. The first-order chi connectivity index (χ1) is 15.2. The molecule has 1 aliphatic heterocycles. The highest BCUT2D eigenvalue weighted by molar-refractivity contribution is 4.89. The molecule has 1 heterocycles. The van der Waals surface area contributed by atoms with E-state index in [0.29, 0.717) is 6.61 Å². The lowest BCUT2D eigenvalue weighted by molar-refractivity contribution is -0.0938. The number of rotatable bonds is 21. The normalized spacial score (nSPS) is 22.5. The summed E-state index contributed by atoms with van der Waals surface area (Å²) in [4.78, 5) is 0. The Morgan fingerprint density at radius 1 is 0.839 bits per heavy atom. The molecule has 4 atom stereocenters. The van der Waals surface area contributed by atoms with Gasteiger partial charge in [-0.25, -0.2) is 0 Å². The van der Waals surface area contributed by atoms with E-state index in [0.717, 1.165) is 12.8 Å². The molecule has 5 nitrogen and oxygen atoms in total. The molecule has 184 valence electrons. The van der Waals surface area contributed by atoms with E-state index in [-0.39, 0.29) is 13.2 Å². The summed E-state index contributed by atoms with van der Waals surface area (Å²) >= 11 is 0. The first-order valence-corrected chi connectivity index (χ1v) is 13.1. The van der Waals surface area contributed by atoms with Crippen LogP contribution in [0.25, 0.3) is 0 Å². The van der Waals surface area contributed by atoms with Crippen molar-refractivity contribution in [1.29, 1.82) is 0 Å². The Kier molecular flexibility index (Phi) is 18.6. The van der Waals surface area contributed by atoms with Crippen LogP contribution in [0.4, 0.5) is 0 Å². The summed E-state index contributed by atoms with van der Waals surface area (Å²) in [5, 5.41) is 28.7. The zero-order chi connectivity index (χ0) is 22.6. The second-order valence-electron chi connectivity index (χ2n) is 9.10. The van der Waals surface area contributed by atoms with Crippen LogP contribution in [0.3, 0.4) is 0 Å². The van der Waals surface area contributed by atoms with Gasteiger partial charge < -0.3 is 24.8 Å². The first-order valence-electron chi connectivity index (χ1n) is 13.1. The molecule has 1 fully saturated rings. The van der Waals surface area contributed by atoms with Crippen molar-refractivity contribution in [2.45, 2.75) is 134 Å². The molecule has 1 saturated heterocycles. The van der Waals surface area contributed by atoms with Crippen LogP contribution in [-0.2, 0) is 9.47 Å². The highest BCUT2D eigenvalue weighted by Gasteiger charge is 2.40. The van der Waals surface area contributed by atoms with Gasteiger partial charge in [-0.15, -0.1) is 0 Å². The molecule has 0 amide bonds. The lowest BCUT2D eigenvalue weighted by atomic mass is 10.0. The van der Waals surface area contributed by atoms with E-state index in [9.17, 15) is 10.2 Å². The minimum atomic E-state index is -1.00. The van der Waals surface area contributed by atoms with Crippen molar-refractivity contribution in [1.82, 2.24) is 0 Å². The standard InChI is InChI=1S/C26H50O5/c1-2-3-4-5-6-7-8-9-10-11-12-13-14-15-16-17-18-19-20-30-26-24(29)22-31-25(26)23(28)21-27/h6-7,23-29H,2-5,8-22H2,1H3/b7-6+/t23-,24+,25-,26-/m1/s1. The molecule has 0 aliphatic carbocycles. The molecule has 1 rings (SSSR count). The Hall–Kier alpha value is -0.460. The Morgan fingerprint density at radius 2 is 1.35 bits per heavy atom. The van der Waals surface area contributed by atoms with Gasteiger partial charge in [-0.05, 0) is 32.1 Å². The molecule has 0 unspecified atom stereocenters. The zero-order valence-electron chi connectivity index (χ0n) is 20.1. The van der Waals surface area contributed by atoms with E-state index in [2.05, 4.69) is 19.1 Å². The number of hydrogen-bond donors (Lipinski definition) is 3. The van der Waals surface area contributed by atoms with Crippen LogP contribution in [0.15, 0.2) is 12.2 Å². The minimum absolute atomic E-state index is 0.155. The van der Waals surface area contributed by atoms with Gasteiger partial charge in [0.2, 0.25) is 0 Å². The second-order valence-corrected chi connectivity index (χ2v) is 9.10. The number of aliphatic hydroxyl groups excluding tert-OH is 3. The highest BCUT2D eigenvalue weighted by atomic mass is 16.6. The average Bonchev–Trinajstić information content (AvgIpc) is 3.15. The van der Waals surface area contributed by atoms with E-state index in [1.807, 2.05) is 0 Å². The maximum atomic E-state index is 9.91. The van der Waals surface area contributed by atoms with Crippen molar-refractivity contribution in [3.8, 4) is 0 Å². The SMILES string of the molecule is CCCCC/C=C/CCCCCCCCCCCCCO[C@H]1[C@@H]([C@H](O)CO)OC[C@@H]1O. The summed E-state index contributed by atoms with van der Waals surface area (Å²) in [6.07, 6.45) is 22.5. The zero-order valence-corrected chi connectivity index (χ0v) is 20.1. The predicted octanol–water partition coefficient (Wildman–Crippen LogP) is 5.30. The van der Waals surface area contributed by atoms with Crippen LogP contribution in [-0.4, -0.2) is 59.6 Å². The molecule has 0 aromatic rings. The lowest BCUT2D eigenvalue weighted by Gasteiger charge is -2.23. The molecule has 5 heteroatoms. The number of hydrogen-bond acceptors (Lipinski definition) is 5. The molecule has 31 heavy (non-hydrogen) atoms. The fourth-order valence-electron chi connectivity index (χ4n) is 4.18. The van der Waals surface area contributed by atoms with Gasteiger partial charge in [0.15, 0.2) is 0 Å². The van der Waals surface area contributed by atoms with E-state index in [1.165, 1.54) is 89.9 Å². The summed E-state index contributed by atoms with van der Waals surface area (Å²) in [5.41, 5.74) is 0. The van der Waals surface area contributed by atoms with Crippen molar-refractivity contribution in [2.24, 2.45) is 0 Å². The quantitative estimate of drug-likeness (QED) is 0.166. The third-order valence-corrected chi connectivity index (χ3v) is 6.20. The van der Waals surface area contributed by atoms with E-state index in [4.69, 9.17) is 14.6 Å². The number of ether oxygens (including phenoxy) is 2. The number of allylic oxidation sites excluding steroid dienone is 2. The second kappa shape index (κ2) is 20.2. The fourth-order valence-corrected chi connectivity index (χ4v) is 4.18. The van der Waals surface area contributed by atoms with E-state index in [1.54, 1.807) is 0 Å². The van der Waals surface area contributed by atoms with Crippen LogP contribution >= 0.6 is 0 Å². The molecule has 0 saturated carbocycles. The molecule has 1 aliphatic rings. The van der Waals surface area contributed by atoms with Crippen LogP contribution in [0.5, 0.6) is 0 Å². The van der Waals surface area contributed by atoms with Crippen LogP contribution in [0.2, 0.25) is 0 Å². The predicted molar refractivity (Wildman–Crippen MR) is 127 cm³/mol. The van der Waals surface area contributed by atoms with Crippen molar-refractivity contribution < 1.29 is 24.8 Å². The van der Waals surface area contributed by atoms with Gasteiger partial charge in [0.05, 0.1) is 13.2 Å². The van der Waals surface area contributed by atoms with Gasteiger partial charge >= 0.3 is 0 Å². The third-order valence-electron chi connectivity index (χ3n) is 6.20. The summed E-state index contributed by atoms with van der Waals surface area (Å²) < 4.78 is 11.1. The molecule has 3 N–H and O–H groups in total. The molecule has 0 aromatic heterocycles. The largest absolute Gasteiger partial charge is 0.394 e. The van der Waals surface area contributed by atoms with Crippen molar-refractivity contribution in [3.63, 3.8) is 0 Å². The monoisotopic (exact) mass is 442 g/mol. The van der Waals surface area contributed by atoms with Gasteiger partial charge in [-0.1, -0.05) is 89.7 Å². The van der Waals surface area contributed by atoms with Crippen LogP contribution in [0, 0.1) is 0 Å². The van der Waals surface area contributed by atoms with Crippen molar-refractivity contribution >= 4 is 0 Å². The smallest absolute Gasteiger partial charge is 0.114 e. The Balaban J connectivity index is 1.82. The fraction of sp³-hybridized carbons (Fsp3) is 0.923. The number of aliphatic hydroxyl groups is 3. The minimum Gasteiger partial charge on any atom is -0.394 e. The third kappa shape index (κ3) is 14.3. The van der Waals surface area contributed by atoms with Crippen LogP contribution in [0.1, 0.15) is 110 Å². The van der Waals surface area contributed by atoms with Crippen LogP contribution < -0.4 is 0 Å². The van der Waals surface area contributed by atoms with E-state index >= 15 is 0 Å². The molecule has 0 radical (unpaired) electrons. The molecule has 0 bridgehead atoms. The lowest BCUT2D eigenvalue weighted by Crippen LogP contribution is -2.42.